The molecule has 0 fully saturated rings. The Bertz CT molecular complexity index is 533. The molecule has 1 aromatic carbocycles. The minimum absolute atomic E-state index is 0.213. The first-order valence-electron chi connectivity index (χ1n) is 5.35. The Balaban J connectivity index is 2.34. The van der Waals surface area contributed by atoms with E-state index in [1.165, 1.54) is 0 Å². The van der Waals surface area contributed by atoms with Crippen LogP contribution in [0.4, 0.5) is 0 Å². The van der Waals surface area contributed by atoms with Gasteiger partial charge in [0, 0.05) is 17.3 Å². The lowest BCUT2D eigenvalue weighted by Crippen LogP contribution is -1.96. The SMILES string of the molecule is Cc1cc(Oc2cccc(O)c2C)nc(C)n1. The molecule has 4 heteroatoms. The molecule has 0 bridgehead atoms. The van der Waals surface area contributed by atoms with Gasteiger partial charge in [-0.3, -0.25) is 0 Å². The molecule has 2 aromatic rings. The third-order valence-electron chi connectivity index (χ3n) is 2.41. The van der Waals surface area contributed by atoms with Crippen LogP contribution in [0, 0.1) is 20.8 Å². The summed E-state index contributed by atoms with van der Waals surface area (Å²) < 4.78 is 5.64. The molecule has 4 nitrogen and oxygen atoms in total. The minimum atomic E-state index is 0.213. The fourth-order valence-corrected chi connectivity index (χ4v) is 1.56. The van der Waals surface area contributed by atoms with E-state index in [0.29, 0.717) is 23.0 Å². The van der Waals surface area contributed by atoms with Crippen molar-refractivity contribution >= 4 is 0 Å². The molecular formula is C13H14N2O2. The average molecular weight is 230 g/mol. The lowest BCUT2D eigenvalue weighted by atomic mass is 10.2. The predicted molar refractivity (Wildman–Crippen MR) is 64.4 cm³/mol. The Morgan fingerprint density at radius 2 is 1.88 bits per heavy atom. The largest absolute Gasteiger partial charge is 0.508 e. The van der Waals surface area contributed by atoms with Crippen molar-refractivity contribution in [1.82, 2.24) is 9.97 Å². The number of aromatic nitrogens is 2. The number of ether oxygens (including phenoxy) is 1. The molecule has 0 spiro atoms. The first-order chi connectivity index (χ1) is 8.06. The fraction of sp³-hybridized carbons (Fsp3) is 0.231. The van der Waals surface area contributed by atoms with Gasteiger partial charge in [0.05, 0.1) is 0 Å². The fourth-order valence-electron chi connectivity index (χ4n) is 1.56. The van der Waals surface area contributed by atoms with Crippen molar-refractivity contribution in [3.8, 4) is 17.4 Å². The van der Waals surface area contributed by atoms with Gasteiger partial charge in [0.1, 0.15) is 17.3 Å². The maximum atomic E-state index is 9.57. The third kappa shape index (κ3) is 2.53. The summed E-state index contributed by atoms with van der Waals surface area (Å²) in [5.74, 6) is 1.97. The predicted octanol–water partition coefficient (Wildman–Crippen LogP) is 2.90. The van der Waals surface area contributed by atoms with Crippen LogP contribution in [0.1, 0.15) is 17.1 Å². The molecule has 0 atom stereocenters. The van der Waals surface area contributed by atoms with Gasteiger partial charge in [0.2, 0.25) is 5.88 Å². The monoisotopic (exact) mass is 230 g/mol. The maximum absolute atomic E-state index is 9.57. The van der Waals surface area contributed by atoms with Crippen LogP contribution in [-0.4, -0.2) is 15.1 Å². The van der Waals surface area contributed by atoms with Crippen LogP contribution in [0.5, 0.6) is 17.4 Å². The van der Waals surface area contributed by atoms with E-state index in [4.69, 9.17) is 4.74 Å². The molecule has 0 aliphatic rings. The maximum Gasteiger partial charge on any atom is 0.222 e. The zero-order valence-electron chi connectivity index (χ0n) is 10.1. The summed E-state index contributed by atoms with van der Waals surface area (Å²) in [6.45, 7) is 5.50. The van der Waals surface area contributed by atoms with Gasteiger partial charge in [0.15, 0.2) is 0 Å². The van der Waals surface area contributed by atoms with Crippen LogP contribution in [0.15, 0.2) is 24.3 Å². The summed E-state index contributed by atoms with van der Waals surface area (Å²) >= 11 is 0. The first-order valence-corrected chi connectivity index (χ1v) is 5.35. The van der Waals surface area contributed by atoms with E-state index in [-0.39, 0.29) is 5.75 Å². The number of hydrogen-bond donors (Lipinski definition) is 1. The Hall–Kier alpha value is -2.10. The van der Waals surface area contributed by atoms with Gasteiger partial charge >= 0.3 is 0 Å². The second-order valence-electron chi connectivity index (χ2n) is 3.90. The highest BCUT2D eigenvalue weighted by molar-refractivity contribution is 5.44. The van der Waals surface area contributed by atoms with Crippen LogP contribution in [0.3, 0.4) is 0 Å². The van der Waals surface area contributed by atoms with E-state index >= 15 is 0 Å². The quantitative estimate of drug-likeness (QED) is 0.861. The van der Waals surface area contributed by atoms with E-state index in [1.54, 1.807) is 31.2 Å². The average Bonchev–Trinajstić information content (AvgIpc) is 2.23. The summed E-state index contributed by atoms with van der Waals surface area (Å²) in [7, 11) is 0. The molecule has 0 saturated carbocycles. The van der Waals surface area contributed by atoms with Gasteiger partial charge in [0.25, 0.3) is 0 Å². The molecule has 17 heavy (non-hydrogen) atoms. The number of hydrogen-bond acceptors (Lipinski definition) is 4. The first kappa shape index (κ1) is 11.4. The van der Waals surface area contributed by atoms with Gasteiger partial charge in [-0.2, -0.15) is 4.98 Å². The molecule has 0 aliphatic carbocycles. The van der Waals surface area contributed by atoms with E-state index in [1.807, 2.05) is 13.8 Å². The van der Waals surface area contributed by atoms with Crippen LogP contribution < -0.4 is 4.74 Å². The summed E-state index contributed by atoms with van der Waals surface area (Å²) in [6.07, 6.45) is 0. The number of phenols is 1. The Morgan fingerprint density at radius 1 is 1.12 bits per heavy atom. The van der Waals surface area contributed by atoms with Crippen molar-refractivity contribution in [2.24, 2.45) is 0 Å². The molecule has 88 valence electrons. The van der Waals surface area contributed by atoms with E-state index in [9.17, 15) is 5.11 Å². The van der Waals surface area contributed by atoms with Crippen molar-refractivity contribution in [1.29, 1.82) is 0 Å². The van der Waals surface area contributed by atoms with Crippen LogP contribution in [0.25, 0.3) is 0 Å². The van der Waals surface area contributed by atoms with Gasteiger partial charge in [-0.05, 0) is 32.9 Å². The van der Waals surface area contributed by atoms with E-state index in [0.717, 1.165) is 5.69 Å². The molecule has 0 unspecified atom stereocenters. The summed E-state index contributed by atoms with van der Waals surface area (Å²) in [5, 5.41) is 9.57. The topological polar surface area (TPSA) is 55.2 Å². The second-order valence-corrected chi connectivity index (χ2v) is 3.90. The number of benzene rings is 1. The van der Waals surface area contributed by atoms with Crippen LogP contribution >= 0.6 is 0 Å². The van der Waals surface area contributed by atoms with Gasteiger partial charge in [-0.25, -0.2) is 4.98 Å². The van der Waals surface area contributed by atoms with Crippen molar-refractivity contribution in [2.45, 2.75) is 20.8 Å². The van der Waals surface area contributed by atoms with Crippen molar-refractivity contribution < 1.29 is 9.84 Å². The van der Waals surface area contributed by atoms with E-state index < -0.39 is 0 Å². The van der Waals surface area contributed by atoms with Crippen molar-refractivity contribution in [3.63, 3.8) is 0 Å². The number of aryl methyl sites for hydroxylation is 2. The minimum Gasteiger partial charge on any atom is -0.508 e. The highest BCUT2D eigenvalue weighted by atomic mass is 16.5. The molecule has 0 saturated heterocycles. The smallest absolute Gasteiger partial charge is 0.222 e. The molecular weight excluding hydrogens is 216 g/mol. The summed E-state index contributed by atoms with van der Waals surface area (Å²) in [4.78, 5) is 8.36. The normalized spacial score (nSPS) is 10.3. The Labute approximate surface area is 99.9 Å². The number of aromatic hydroxyl groups is 1. The van der Waals surface area contributed by atoms with Crippen LogP contribution in [-0.2, 0) is 0 Å². The molecule has 1 N–H and O–H groups in total. The Morgan fingerprint density at radius 3 is 2.59 bits per heavy atom. The highest BCUT2D eigenvalue weighted by Crippen LogP contribution is 2.29. The van der Waals surface area contributed by atoms with Gasteiger partial charge < -0.3 is 9.84 Å². The van der Waals surface area contributed by atoms with Crippen LogP contribution in [0.2, 0.25) is 0 Å². The van der Waals surface area contributed by atoms with Crippen molar-refractivity contribution in [2.75, 3.05) is 0 Å². The third-order valence-corrected chi connectivity index (χ3v) is 2.41. The van der Waals surface area contributed by atoms with Gasteiger partial charge in [-0.1, -0.05) is 6.07 Å². The zero-order chi connectivity index (χ0) is 12.4. The molecule has 0 amide bonds. The zero-order valence-corrected chi connectivity index (χ0v) is 10.1. The Kier molecular flexibility index (Phi) is 2.95. The second kappa shape index (κ2) is 4.41. The molecule has 1 heterocycles. The van der Waals surface area contributed by atoms with Crippen molar-refractivity contribution in [3.05, 3.63) is 41.3 Å². The molecule has 2 rings (SSSR count). The molecule has 0 radical (unpaired) electrons. The number of nitrogens with zero attached hydrogens (tertiary/aromatic N) is 2. The standard InChI is InChI=1S/C13H14N2O2/c1-8-7-13(15-10(3)14-8)17-12-6-4-5-11(16)9(12)2/h4-7,16H,1-3H3. The number of rotatable bonds is 2. The van der Waals surface area contributed by atoms with Gasteiger partial charge in [-0.15, -0.1) is 0 Å². The number of phenolic OH excluding ortho intramolecular Hbond substituents is 1. The summed E-state index contributed by atoms with van der Waals surface area (Å²) in [5.41, 5.74) is 1.55. The lowest BCUT2D eigenvalue weighted by molar-refractivity contribution is 0.437. The summed E-state index contributed by atoms with van der Waals surface area (Å²) in [6, 6.07) is 6.91. The molecule has 1 aromatic heterocycles. The highest BCUT2D eigenvalue weighted by Gasteiger charge is 2.06. The van der Waals surface area contributed by atoms with E-state index in [2.05, 4.69) is 9.97 Å². The molecule has 0 aliphatic heterocycles. The lowest BCUT2D eigenvalue weighted by Gasteiger charge is -2.09.